The summed E-state index contributed by atoms with van der Waals surface area (Å²) >= 11 is 0. The molecule has 1 aromatic rings. The molecule has 0 radical (unpaired) electrons. The monoisotopic (exact) mass is 254 g/mol. The molecule has 1 aromatic heterocycles. The van der Waals surface area contributed by atoms with Gasteiger partial charge < -0.3 is 19.7 Å². The molecule has 1 amide bonds. The highest BCUT2D eigenvalue weighted by Gasteiger charge is 2.23. The molecule has 0 fully saturated rings. The van der Waals surface area contributed by atoms with Gasteiger partial charge in [-0.05, 0) is 32.9 Å². The Balaban J connectivity index is 2.58. The first kappa shape index (κ1) is 14.1. The normalized spacial score (nSPS) is 12.8. The maximum absolute atomic E-state index is 11.5. The number of rotatable bonds is 4. The molecule has 6 nitrogen and oxygen atoms in total. The number of nitrogens with zero attached hydrogens (tertiary/aromatic N) is 1. The molecular formula is C12H18N2O4. The number of alkyl carbamates (subject to hydrolysis) is 1. The number of carbonyl (C=O) groups is 2. The lowest BCUT2D eigenvalue weighted by Gasteiger charge is -2.22. The molecule has 1 heterocycles. The molecule has 1 atom stereocenters. The maximum Gasteiger partial charge on any atom is 0.408 e. The largest absolute Gasteiger partial charge is 0.480 e. The quantitative estimate of drug-likeness (QED) is 0.852. The number of carbonyl (C=O) groups excluding carboxylic acids is 1. The average molecular weight is 254 g/mol. The van der Waals surface area contributed by atoms with Gasteiger partial charge in [0, 0.05) is 12.4 Å². The van der Waals surface area contributed by atoms with Crippen LogP contribution >= 0.6 is 0 Å². The second-order valence-electron chi connectivity index (χ2n) is 4.92. The molecule has 0 aliphatic heterocycles. The van der Waals surface area contributed by atoms with Crippen LogP contribution < -0.4 is 5.32 Å². The van der Waals surface area contributed by atoms with Crippen molar-refractivity contribution in [2.75, 3.05) is 0 Å². The van der Waals surface area contributed by atoms with Crippen molar-refractivity contribution >= 4 is 12.1 Å². The molecule has 0 spiro atoms. The molecule has 0 aromatic carbocycles. The molecule has 1 rings (SSSR count). The smallest absolute Gasteiger partial charge is 0.408 e. The first-order chi connectivity index (χ1) is 8.28. The highest BCUT2D eigenvalue weighted by Crippen LogP contribution is 2.07. The highest BCUT2D eigenvalue weighted by molar-refractivity contribution is 5.79. The summed E-state index contributed by atoms with van der Waals surface area (Å²) in [6, 6.07) is 2.55. The zero-order chi connectivity index (χ0) is 13.8. The SMILES string of the molecule is CC(C)(C)OC(=O)N[C@H](Cn1cccc1)C(=O)O. The third-order valence-electron chi connectivity index (χ3n) is 2.05. The Hall–Kier alpha value is -1.98. The Kier molecular flexibility index (Phi) is 4.36. The second kappa shape index (κ2) is 5.57. The summed E-state index contributed by atoms with van der Waals surface area (Å²) in [6.45, 7) is 5.30. The van der Waals surface area contributed by atoms with Crippen molar-refractivity contribution in [2.45, 2.75) is 39.0 Å². The zero-order valence-corrected chi connectivity index (χ0v) is 10.7. The van der Waals surface area contributed by atoms with E-state index in [1.54, 1.807) is 49.9 Å². The van der Waals surface area contributed by atoms with Crippen molar-refractivity contribution in [3.8, 4) is 0 Å². The van der Waals surface area contributed by atoms with Gasteiger partial charge >= 0.3 is 12.1 Å². The summed E-state index contributed by atoms with van der Waals surface area (Å²) in [5.41, 5.74) is -0.652. The Bertz CT molecular complexity index is 406. The molecule has 0 aliphatic carbocycles. The van der Waals surface area contributed by atoms with Crippen LogP contribution in [0.15, 0.2) is 24.5 Å². The fourth-order valence-electron chi connectivity index (χ4n) is 1.34. The minimum absolute atomic E-state index is 0.154. The van der Waals surface area contributed by atoms with E-state index in [1.165, 1.54) is 0 Å². The van der Waals surface area contributed by atoms with Gasteiger partial charge in [-0.2, -0.15) is 0 Å². The highest BCUT2D eigenvalue weighted by atomic mass is 16.6. The van der Waals surface area contributed by atoms with Crippen molar-refractivity contribution in [3.05, 3.63) is 24.5 Å². The Morgan fingerprint density at radius 3 is 2.33 bits per heavy atom. The summed E-state index contributed by atoms with van der Waals surface area (Å²) in [5, 5.41) is 11.4. The Morgan fingerprint density at radius 2 is 1.89 bits per heavy atom. The number of carboxylic acids is 1. The molecule has 18 heavy (non-hydrogen) atoms. The number of amides is 1. The van der Waals surface area contributed by atoms with Crippen LogP contribution in [-0.4, -0.2) is 33.4 Å². The van der Waals surface area contributed by atoms with Crippen molar-refractivity contribution in [1.29, 1.82) is 0 Å². The van der Waals surface area contributed by atoms with E-state index in [4.69, 9.17) is 9.84 Å². The average Bonchev–Trinajstić information content (AvgIpc) is 2.66. The molecule has 0 bridgehead atoms. The van der Waals surface area contributed by atoms with Gasteiger partial charge in [-0.3, -0.25) is 0 Å². The van der Waals surface area contributed by atoms with Crippen molar-refractivity contribution in [3.63, 3.8) is 0 Å². The van der Waals surface area contributed by atoms with Crippen molar-refractivity contribution < 1.29 is 19.4 Å². The van der Waals surface area contributed by atoms with Gasteiger partial charge in [-0.1, -0.05) is 0 Å². The van der Waals surface area contributed by atoms with E-state index in [0.29, 0.717) is 0 Å². The minimum atomic E-state index is -1.10. The lowest BCUT2D eigenvalue weighted by molar-refractivity contribution is -0.139. The van der Waals surface area contributed by atoms with Gasteiger partial charge in [0.15, 0.2) is 0 Å². The fraction of sp³-hybridized carbons (Fsp3) is 0.500. The summed E-state index contributed by atoms with van der Waals surface area (Å²) < 4.78 is 6.69. The zero-order valence-electron chi connectivity index (χ0n) is 10.7. The molecule has 100 valence electrons. The van der Waals surface area contributed by atoms with E-state index in [-0.39, 0.29) is 6.54 Å². The second-order valence-corrected chi connectivity index (χ2v) is 4.92. The molecule has 0 aliphatic rings. The summed E-state index contributed by atoms with van der Waals surface area (Å²) in [5.74, 6) is -1.10. The van der Waals surface area contributed by atoms with Crippen LogP contribution in [0.3, 0.4) is 0 Å². The first-order valence-electron chi connectivity index (χ1n) is 5.61. The number of nitrogens with one attached hydrogen (secondary N) is 1. The van der Waals surface area contributed by atoms with E-state index < -0.39 is 23.7 Å². The maximum atomic E-state index is 11.5. The molecule has 6 heteroatoms. The molecular weight excluding hydrogens is 236 g/mol. The van der Waals surface area contributed by atoms with Gasteiger partial charge in [0.25, 0.3) is 0 Å². The van der Waals surface area contributed by atoms with Gasteiger partial charge in [0.2, 0.25) is 0 Å². The van der Waals surface area contributed by atoms with Crippen molar-refractivity contribution in [2.24, 2.45) is 0 Å². The van der Waals surface area contributed by atoms with Gasteiger partial charge in [-0.15, -0.1) is 0 Å². The summed E-state index contributed by atoms with van der Waals surface area (Å²) in [7, 11) is 0. The van der Waals surface area contributed by atoms with Crippen LogP contribution in [0, 0.1) is 0 Å². The first-order valence-corrected chi connectivity index (χ1v) is 5.61. The van der Waals surface area contributed by atoms with Crippen LogP contribution in [0.1, 0.15) is 20.8 Å². The topological polar surface area (TPSA) is 80.6 Å². The molecule has 0 unspecified atom stereocenters. The van der Waals surface area contributed by atoms with E-state index in [1.807, 2.05) is 0 Å². The number of hydrogen-bond acceptors (Lipinski definition) is 3. The van der Waals surface area contributed by atoms with Crippen LogP contribution in [0.4, 0.5) is 4.79 Å². The minimum Gasteiger partial charge on any atom is -0.480 e. The number of aromatic nitrogens is 1. The predicted octanol–water partition coefficient (Wildman–Crippen LogP) is 1.47. The third-order valence-corrected chi connectivity index (χ3v) is 2.05. The van der Waals surface area contributed by atoms with E-state index in [2.05, 4.69) is 5.32 Å². The van der Waals surface area contributed by atoms with E-state index >= 15 is 0 Å². The van der Waals surface area contributed by atoms with Crippen LogP contribution in [0.25, 0.3) is 0 Å². The van der Waals surface area contributed by atoms with Gasteiger partial charge in [0.05, 0.1) is 6.54 Å². The van der Waals surface area contributed by atoms with E-state index in [9.17, 15) is 9.59 Å². The number of carboxylic acid groups (broad SMARTS) is 1. The summed E-state index contributed by atoms with van der Waals surface area (Å²) in [4.78, 5) is 22.5. The fourth-order valence-corrected chi connectivity index (χ4v) is 1.34. The number of hydrogen-bond donors (Lipinski definition) is 2. The van der Waals surface area contributed by atoms with Crippen LogP contribution in [0.5, 0.6) is 0 Å². The number of aliphatic carboxylic acids is 1. The molecule has 0 saturated heterocycles. The molecule has 2 N–H and O–H groups in total. The predicted molar refractivity (Wildman–Crippen MR) is 65.2 cm³/mol. The number of ether oxygens (including phenoxy) is 1. The Labute approximate surface area is 106 Å². The van der Waals surface area contributed by atoms with Crippen LogP contribution in [0.2, 0.25) is 0 Å². The van der Waals surface area contributed by atoms with Crippen molar-refractivity contribution in [1.82, 2.24) is 9.88 Å². The lowest BCUT2D eigenvalue weighted by Crippen LogP contribution is -2.45. The van der Waals surface area contributed by atoms with E-state index in [0.717, 1.165) is 0 Å². The van der Waals surface area contributed by atoms with Crippen LogP contribution in [-0.2, 0) is 16.1 Å². The summed E-state index contributed by atoms with van der Waals surface area (Å²) in [6.07, 6.45) is 2.72. The lowest BCUT2D eigenvalue weighted by atomic mass is 10.2. The third kappa shape index (κ3) is 4.90. The van der Waals surface area contributed by atoms with Gasteiger partial charge in [0.1, 0.15) is 11.6 Å². The Morgan fingerprint density at radius 1 is 1.33 bits per heavy atom. The standard InChI is InChI=1S/C12H18N2O4/c1-12(2,3)18-11(17)13-9(10(15)16)8-14-6-4-5-7-14/h4-7,9H,8H2,1-3H3,(H,13,17)(H,15,16)/t9-/m1/s1. The molecule has 0 saturated carbocycles. The van der Waals surface area contributed by atoms with Gasteiger partial charge in [-0.25, -0.2) is 9.59 Å².